The fourth-order valence-electron chi connectivity index (χ4n) is 5.55. The van der Waals surface area contributed by atoms with Gasteiger partial charge in [-0.2, -0.15) is 20.5 Å². The number of ether oxygens (including phenoxy) is 1. The van der Waals surface area contributed by atoms with Crippen LogP contribution in [0.25, 0.3) is 22.0 Å². The Morgan fingerprint density at radius 1 is 1.15 bits per heavy atom. The summed E-state index contributed by atoms with van der Waals surface area (Å²) in [4.78, 5) is 26.6. The SMILES string of the molecule is Cc1ccc(F)c(-c2cc3nc(OC[C@@H]4CCCN4C)nc(N4CCN(C(=O)O)C(CC#N)C4)c3cc2C#N)c1. The van der Waals surface area contributed by atoms with Crippen molar-refractivity contribution in [1.82, 2.24) is 19.8 Å². The number of amides is 1. The molecule has 2 fully saturated rings. The summed E-state index contributed by atoms with van der Waals surface area (Å²) in [5, 5.41) is 29.6. The Hall–Kier alpha value is -4.48. The molecule has 0 saturated carbocycles. The third-order valence-electron chi connectivity index (χ3n) is 7.76. The number of halogens is 1. The van der Waals surface area contributed by atoms with Crippen molar-refractivity contribution in [3.8, 4) is 29.3 Å². The van der Waals surface area contributed by atoms with Gasteiger partial charge in [0.25, 0.3) is 0 Å². The van der Waals surface area contributed by atoms with Crippen molar-refractivity contribution in [3.63, 3.8) is 0 Å². The standard InChI is InChI=1S/C29H30FN7O3/c1-18-5-6-25(30)23(12-18)22-14-26-24(13-19(22)15-32)27(34-28(33-26)40-17-21-4-3-9-35(21)2)36-10-11-37(29(38)39)20(16-36)7-8-31/h5-6,12-14,20-21H,3-4,7,9-11,16-17H2,1-2H3,(H,38,39)/t20?,21-/m0/s1. The van der Waals surface area contributed by atoms with Crippen LogP contribution in [0.1, 0.15) is 30.4 Å². The average molecular weight is 544 g/mol. The van der Waals surface area contributed by atoms with Gasteiger partial charge in [-0.05, 0) is 57.6 Å². The number of nitriles is 2. The van der Waals surface area contributed by atoms with E-state index in [1.807, 2.05) is 11.8 Å². The zero-order valence-electron chi connectivity index (χ0n) is 22.5. The van der Waals surface area contributed by atoms with E-state index in [9.17, 15) is 24.8 Å². The minimum Gasteiger partial charge on any atom is -0.465 e. The van der Waals surface area contributed by atoms with Crippen molar-refractivity contribution in [2.24, 2.45) is 0 Å². The van der Waals surface area contributed by atoms with Gasteiger partial charge in [0.15, 0.2) is 0 Å². The van der Waals surface area contributed by atoms with Crippen molar-refractivity contribution < 1.29 is 19.0 Å². The fourth-order valence-corrected chi connectivity index (χ4v) is 5.55. The van der Waals surface area contributed by atoms with Crippen LogP contribution in [0.3, 0.4) is 0 Å². The van der Waals surface area contributed by atoms with Crippen LogP contribution >= 0.6 is 0 Å². The molecule has 11 heteroatoms. The van der Waals surface area contributed by atoms with Gasteiger partial charge in [0, 0.05) is 42.2 Å². The smallest absolute Gasteiger partial charge is 0.407 e. The first-order valence-corrected chi connectivity index (χ1v) is 13.3. The lowest BCUT2D eigenvalue weighted by molar-refractivity contribution is 0.119. The van der Waals surface area contributed by atoms with Gasteiger partial charge in [-0.1, -0.05) is 11.6 Å². The molecule has 3 heterocycles. The molecule has 1 amide bonds. The Morgan fingerprint density at radius 3 is 2.67 bits per heavy atom. The lowest BCUT2D eigenvalue weighted by atomic mass is 9.96. The quantitative estimate of drug-likeness (QED) is 0.487. The molecule has 0 radical (unpaired) electrons. The van der Waals surface area contributed by atoms with E-state index in [0.717, 1.165) is 24.9 Å². The number of likely N-dealkylation sites (N-methyl/N-ethyl adjacent to an activating group) is 1. The summed E-state index contributed by atoms with van der Waals surface area (Å²) in [6, 6.07) is 12.2. The highest BCUT2D eigenvalue weighted by atomic mass is 19.1. The van der Waals surface area contributed by atoms with Crippen LogP contribution in [0.2, 0.25) is 0 Å². The Labute approximate surface area is 231 Å². The molecule has 2 saturated heterocycles. The van der Waals surface area contributed by atoms with Gasteiger partial charge in [-0.15, -0.1) is 0 Å². The van der Waals surface area contributed by atoms with E-state index in [1.165, 1.54) is 11.0 Å². The number of likely N-dealkylation sites (tertiary alicyclic amines) is 1. The van der Waals surface area contributed by atoms with E-state index in [2.05, 4.69) is 29.1 Å². The number of benzene rings is 2. The molecule has 40 heavy (non-hydrogen) atoms. The Bertz CT molecular complexity index is 1530. The van der Waals surface area contributed by atoms with E-state index < -0.39 is 18.0 Å². The zero-order chi connectivity index (χ0) is 28.4. The Morgan fingerprint density at radius 2 is 1.98 bits per heavy atom. The summed E-state index contributed by atoms with van der Waals surface area (Å²) in [6.45, 7) is 4.02. The summed E-state index contributed by atoms with van der Waals surface area (Å²) < 4.78 is 21.0. The predicted octanol–water partition coefficient (Wildman–Crippen LogP) is 4.17. The molecule has 2 aliphatic rings. The van der Waals surface area contributed by atoms with Gasteiger partial charge in [0.2, 0.25) is 0 Å². The van der Waals surface area contributed by atoms with Crippen molar-refractivity contribution >= 4 is 22.8 Å². The number of aromatic nitrogens is 2. The third-order valence-corrected chi connectivity index (χ3v) is 7.76. The highest BCUT2D eigenvalue weighted by Gasteiger charge is 2.32. The zero-order valence-corrected chi connectivity index (χ0v) is 22.5. The van der Waals surface area contributed by atoms with Gasteiger partial charge >= 0.3 is 12.1 Å². The van der Waals surface area contributed by atoms with E-state index in [0.29, 0.717) is 41.0 Å². The number of hydrogen-bond donors (Lipinski definition) is 1. The van der Waals surface area contributed by atoms with Crippen LogP contribution in [-0.4, -0.2) is 82.9 Å². The van der Waals surface area contributed by atoms with Crippen LogP contribution in [0.5, 0.6) is 6.01 Å². The molecule has 2 atom stereocenters. The highest BCUT2D eigenvalue weighted by molar-refractivity contribution is 5.95. The molecule has 5 rings (SSSR count). The second kappa shape index (κ2) is 11.3. The topological polar surface area (TPSA) is 130 Å². The largest absolute Gasteiger partial charge is 0.465 e. The van der Waals surface area contributed by atoms with E-state index >= 15 is 0 Å². The molecule has 3 aromatic rings. The van der Waals surface area contributed by atoms with Crippen molar-refractivity contribution in [2.45, 2.75) is 38.3 Å². The van der Waals surface area contributed by atoms with Gasteiger partial charge < -0.3 is 24.5 Å². The normalized spacial score (nSPS) is 19.4. The van der Waals surface area contributed by atoms with Crippen LogP contribution in [-0.2, 0) is 0 Å². The molecule has 1 N–H and O–H groups in total. The highest BCUT2D eigenvalue weighted by Crippen LogP contribution is 2.35. The number of aryl methyl sites for hydroxylation is 1. The minimum absolute atomic E-state index is 0.0312. The maximum Gasteiger partial charge on any atom is 0.407 e. The first-order valence-electron chi connectivity index (χ1n) is 13.3. The van der Waals surface area contributed by atoms with Crippen LogP contribution < -0.4 is 9.64 Å². The summed E-state index contributed by atoms with van der Waals surface area (Å²) in [5.41, 5.74) is 2.32. The maximum atomic E-state index is 14.9. The number of anilines is 1. The van der Waals surface area contributed by atoms with Crippen molar-refractivity contribution in [2.75, 3.05) is 44.7 Å². The molecule has 2 aliphatic heterocycles. The van der Waals surface area contributed by atoms with Crippen molar-refractivity contribution in [3.05, 3.63) is 47.3 Å². The second-order valence-electron chi connectivity index (χ2n) is 10.4. The molecular weight excluding hydrogens is 513 g/mol. The molecule has 1 unspecified atom stereocenters. The predicted molar refractivity (Wildman–Crippen MR) is 146 cm³/mol. The molecule has 0 spiro atoms. The Balaban J connectivity index is 1.61. The average Bonchev–Trinajstić information content (AvgIpc) is 3.36. The van der Waals surface area contributed by atoms with E-state index in [4.69, 9.17) is 9.72 Å². The molecule has 0 bridgehead atoms. The van der Waals surface area contributed by atoms with Gasteiger partial charge in [-0.25, -0.2) is 9.18 Å². The number of nitrogens with zero attached hydrogens (tertiary/aromatic N) is 7. The summed E-state index contributed by atoms with van der Waals surface area (Å²) >= 11 is 0. The molecule has 0 aliphatic carbocycles. The summed E-state index contributed by atoms with van der Waals surface area (Å²) in [5.74, 6) is 0.0427. The monoisotopic (exact) mass is 543 g/mol. The minimum atomic E-state index is -1.08. The second-order valence-corrected chi connectivity index (χ2v) is 10.4. The maximum absolute atomic E-state index is 14.9. The van der Waals surface area contributed by atoms with Gasteiger partial charge in [0.1, 0.15) is 18.2 Å². The number of hydrogen-bond acceptors (Lipinski definition) is 8. The number of carboxylic acid groups (broad SMARTS) is 1. The molecule has 1 aromatic heterocycles. The van der Waals surface area contributed by atoms with Crippen LogP contribution in [0.15, 0.2) is 30.3 Å². The molecule has 2 aromatic carbocycles. The third kappa shape index (κ3) is 5.33. The van der Waals surface area contributed by atoms with E-state index in [1.54, 1.807) is 24.3 Å². The molecule has 206 valence electrons. The Kier molecular flexibility index (Phi) is 7.67. The van der Waals surface area contributed by atoms with Crippen LogP contribution in [0.4, 0.5) is 15.0 Å². The molecule has 10 nitrogen and oxygen atoms in total. The number of rotatable bonds is 6. The lowest BCUT2D eigenvalue weighted by Gasteiger charge is -2.40. The first-order chi connectivity index (χ1) is 19.3. The van der Waals surface area contributed by atoms with Gasteiger partial charge in [0.05, 0.1) is 35.7 Å². The summed E-state index contributed by atoms with van der Waals surface area (Å²) in [7, 11) is 2.05. The molecular formula is C29H30FN7O3. The lowest BCUT2D eigenvalue weighted by Crippen LogP contribution is -2.55. The number of carbonyl (C=O) groups is 1. The first kappa shape index (κ1) is 27.1. The van der Waals surface area contributed by atoms with Crippen LogP contribution in [0, 0.1) is 35.4 Å². The fraction of sp³-hybridized carbons (Fsp3) is 0.414. The number of fused-ring (bicyclic) bond motifs is 1. The van der Waals surface area contributed by atoms with E-state index in [-0.39, 0.29) is 37.1 Å². The van der Waals surface area contributed by atoms with Gasteiger partial charge in [-0.3, -0.25) is 0 Å². The number of piperazine rings is 1. The van der Waals surface area contributed by atoms with Crippen molar-refractivity contribution in [1.29, 1.82) is 10.5 Å². The summed E-state index contributed by atoms with van der Waals surface area (Å²) in [6.07, 6.45) is 1.05.